The summed E-state index contributed by atoms with van der Waals surface area (Å²) in [7, 11) is 1.50. The van der Waals surface area contributed by atoms with Crippen molar-refractivity contribution < 1.29 is 9.53 Å². The zero-order valence-electron chi connectivity index (χ0n) is 19.5. The molecule has 0 saturated carbocycles. The molecule has 33 heavy (non-hydrogen) atoms. The van der Waals surface area contributed by atoms with Crippen molar-refractivity contribution in [1.29, 1.82) is 0 Å². The molecule has 1 unspecified atom stereocenters. The van der Waals surface area contributed by atoms with Gasteiger partial charge in [0.05, 0.1) is 12.5 Å². The van der Waals surface area contributed by atoms with E-state index in [9.17, 15) is 4.79 Å². The first-order chi connectivity index (χ1) is 16.1. The van der Waals surface area contributed by atoms with E-state index in [0.717, 1.165) is 45.4 Å². The van der Waals surface area contributed by atoms with Crippen LogP contribution in [0.3, 0.4) is 0 Å². The second kappa shape index (κ2) is 10.9. The molecule has 1 atom stereocenters. The predicted octanol–water partition coefficient (Wildman–Crippen LogP) is 3.75. The Morgan fingerprint density at radius 2 is 1.70 bits per heavy atom. The van der Waals surface area contributed by atoms with Crippen molar-refractivity contribution in [1.82, 2.24) is 10.2 Å². The summed E-state index contributed by atoms with van der Waals surface area (Å²) >= 11 is 0. The minimum Gasteiger partial charge on any atom is -0.469 e. The van der Waals surface area contributed by atoms with Crippen LogP contribution in [0.15, 0.2) is 72.8 Å². The first-order valence-corrected chi connectivity index (χ1v) is 11.9. The van der Waals surface area contributed by atoms with Crippen LogP contribution >= 0.6 is 0 Å². The number of hydrogen-bond donors (Lipinski definition) is 2. The maximum absolute atomic E-state index is 12.8. The fraction of sp³-hybridized carbons (Fsp3) is 0.393. The molecular weight excluding hydrogens is 410 g/mol. The van der Waals surface area contributed by atoms with E-state index < -0.39 is 5.41 Å². The smallest absolute Gasteiger partial charge is 0.312 e. The predicted molar refractivity (Wildman–Crippen MR) is 134 cm³/mol. The number of benzene rings is 3. The third-order valence-corrected chi connectivity index (χ3v) is 6.99. The number of piperidine rings is 1. The van der Waals surface area contributed by atoms with Gasteiger partial charge in [-0.3, -0.25) is 4.79 Å². The Kier molecular flexibility index (Phi) is 7.76. The van der Waals surface area contributed by atoms with Crippen molar-refractivity contribution in [3.63, 3.8) is 0 Å². The number of esters is 1. The van der Waals surface area contributed by atoms with Crippen LogP contribution in [0.5, 0.6) is 0 Å². The summed E-state index contributed by atoms with van der Waals surface area (Å²) in [6, 6.07) is 25.5. The molecule has 3 aromatic carbocycles. The van der Waals surface area contributed by atoms with Crippen LogP contribution in [-0.2, 0) is 22.5 Å². The van der Waals surface area contributed by atoms with Crippen LogP contribution in [-0.4, -0.2) is 50.2 Å². The molecule has 1 saturated heterocycles. The number of likely N-dealkylation sites (tertiary alicyclic amines) is 1. The van der Waals surface area contributed by atoms with Gasteiger partial charge in [-0.15, -0.1) is 0 Å². The largest absolute Gasteiger partial charge is 0.469 e. The summed E-state index contributed by atoms with van der Waals surface area (Å²) in [6.07, 6.45) is 2.34. The number of hydrogen-bond acceptors (Lipinski definition) is 5. The molecule has 3 aromatic rings. The lowest BCUT2D eigenvalue weighted by molar-refractivity contribution is -0.156. The fourth-order valence-corrected chi connectivity index (χ4v) is 4.96. The molecule has 4 rings (SSSR count). The molecule has 0 aliphatic carbocycles. The molecule has 0 radical (unpaired) electrons. The SMILES string of the molecule is COC(=O)C1(Cc2ccccc2)CCN(CC(CN)NCc2ccc3ccccc3c2)CC1. The van der Waals surface area contributed by atoms with Crippen LogP contribution in [0.4, 0.5) is 0 Å². The number of ether oxygens (including phenoxy) is 1. The Balaban J connectivity index is 1.33. The van der Waals surface area contributed by atoms with Crippen molar-refractivity contribution in [2.24, 2.45) is 11.1 Å². The van der Waals surface area contributed by atoms with Gasteiger partial charge in [0, 0.05) is 25.7 Å². The normalized spacial score (nSPS) is 17.0. The lowest BCUT2D eigenvalue weighted by Crippen LogP contribution is -2.51. The Labute approximate surface area is 196 Å². The Morgan fingerprint density at radius 1 is 1.00 bits per heavy atom. The molecule has 1 fully saturated rings. The highest BCUT2D eigenvalue weighted by atomic mass is 16.5. The Hall–Kier alpha value is -2.73. The number of rotatable bonds is 9. The summed E-state index contributed by atoms with van der Waals surface area (Å²) in [5, 5.41) is 6.15. The number of nitrogens with zero attached hydrogens (tertiary/aromatic N) is 1. The third kappa shape index (κ3) is 5.80. The third-order valence-electron chi connectivity index (χ3n) is 6.99. The molecule has 174 valence electrons. The topological polar surface area (TPSA) is 67.6 Å². The molecule has 0 aromatic heterocycles. The number of fused-ring (bicyclic) bond motifs is 1. The average Bonchev–Trinajstić information content (AvgIpc) is 2.87. The number of nitrogens with one attached hydrogen (secondary N) is 1. The van der Waals surface area contributed by atoms with E-state index in [1.54, 1.807) is 0 Å². The lowest BCUT2D eigenvalue weighted by Gasteiger charge is -2.41. The molecule has 3 N–H and O–H groups in total. The van der Waals surface area contributed by atoms with Gasteiger partial charge < -0.3 is 20.7 Å². The molecule has 1 aliphatic heterocycles. The van der Waals surface area contributed by atoms with Gasteiger partial charge in [-0.05, 0) is 60.3 Å². The second-order valence-electron chi connectivity index (χ2n) is 9.23. The maximum atomic E-state index is 12.8. The van der Waals surface area contributed by atoms with Crippen molar-refractivity contribution in [2.45, 2.75) is 31.8 Å². The van der Waals surface area contributed by atoms with E-state index in [-0.39, 0.29) is 12.0 Å². The molecule has 5 heteroatoms. The highest BCUT2D eigenvalue weighted by Gasteiger charge is 2.42. The summed E-state index contributed by atoms with van der Waals surface area (Å²) in [5.41, 5.74) is 8.12. The minimum absolute atomic E-state index is 0.0872. The van der Waals surface area contributed by atoms with E-state index in [2.05, 4.69) is 64.8 Å². The molecule has 0 amide bonds. The first kappa shape index (κ1) is 23.4. The maximum Gasteiger partial charge on any atom is 0.312 e. The van der Waals surface area contributed by atoms with Crippen LogP contribution in [0.2, 0.25) is 0 Å². The van der Waals surface area contributed by atoms with Crippen LogP contribution in [0.25, 0.3) is 10.8 Å². The highest BCUT2D eigenvalue weighted by Crippen LogP contribution is 2.36. The average molecular weight is 446 g/mol. The van der Waals surface area contributed by atoms with Crippen LogP contribution in [0.1, 0.15) is 24.0 Å². The minimum atomic E-state index is -0.441. The van der Waals surface area contributed by atoms with Crippen molar-refractivity contribution >= 4 is 16.7 Å². The monoisotopic (exact) mass is 445 g/mol. The quantitative estimate of drug-likeness (QED) is 0.491. The van der Waals surface area contributed by atoms with E-state index >= 15 is 0 Å². The molecule has 1 aliphatic rings. The second-order valence-corrected chi connectivity index (χ2v) is 9.23. The first-order valence-electron chi connectivity index (χ1n) is 11.9. The number of nitrogens with two attached hydrogens (primary N) is 1. The van der Waals surface area contributed by atoms with Gasteiger partial charge in [-0.2, -0.15) is 0 Å². The zero-order valence-corrected chi connectivity index (χ0v) is 19.5. The van der Waals surface area contributed by atoms with Gasteiger partial charge in [-0.1, -0.05) is 66.7 Å². The molecule has 0 bridgehead atoms. The van der Waals surface area contributed by atoms with Gasteiger partial charge in [0.2, 0.25) is 0 Å². The van der Waals surface area contributed by atoms with E-state index in [1.807, 2.05) is 18.2 Å². The van der Waals surface area contributed by atoms with Gasteiger partial charge in [0.1, 0.15) is 0 Å². The van der Waals surface area contributed by atoms with E-state index in [4.69, 9.17) is 10.5 Å². The van der Waals surface area contributed by atoms with Gasteiger partial charge in [0.15, 0.2) is 0 Å². The molecule has 5 nitrogen and oxygen atoms in total. The van der Waals surface area contributed by atoms with Gasteiger partial charge in [-0.25, -0.2) is 0 Å². The fourth-order valence-electron chi connectivity index (χ4n) is 4.96. The van der Waals surface area contributed by atoms with Crippen LogP contribution < -0.4 is 11.1 Å². The molecule has 1 heterocycles. The molecular formula is C28H35N3O2. The van der Waals surface area contributed by atoms with Crippen molar-refractivity contribution in [3.05, 3.63) is 83.9 Å². The van der Waals surface area contributed by atoms with Gasteiger partial charge >= 0.3 is 5.97 Å². The Bertz CT molecular complexity index is 1050. The van der Waals surface area contributed by atoms with Crippen molar-refractivity contribution in [3.8, 4) is 0 Å². The van der Waals surface area contributed by atoms with Crippen LogP contribution in [0, 0.1) is 5.41 Å². The standard InChI is InChI=1S/C28H35N3O2/c1-33-27(32)28(18-22-7-3-2-4-8-22)13-15-31(16-14-28)21-26(19-29)30-20-23-11-12-24-9-5-6-10-25(24)17-23/h2-12,17,26,30H,13-16,18-21,29H2,1H3. The summed E-state index contributed by atoms with van der Waals surface area (Å²) in [6.45, 7) is 4.00. The summed E-state index contributed by atoms with van der Waals surface area (Å²) in [4.78, 5) is 15.2. The van der Waals surface area contributed by atoms with Gasteiger partial charge in [0.25, 0.3) is 0 Å². The number of carbonyl (C=O) groups excluding carboxylic acids is 1. The summed E-state index contributed by atoms with van der Waals surface area (Å²) in [5.74, 6) is -0.0872. The van der Waals surface area contributed by atoms with E-state index in [0.29, 0.717) is 6.54 Å². The number of carbonyl (C=O) groups is 1. The zero-order chi connectivity index (χ0) is 23.1. The highest BCUT2D eigenvalue weighted by molar-refractivity contribution is 5.83. The molecule has 0 spiro atoms. The summed E-state index contributed by atoms with van der Waals surface area (Å²) < 4.78 is 5.23. The van der Waals surface area contributed by atoms with Crippen molar-refractivity contribution in [2.75, 3.05) is 33.3 Å². The lowest BCUT2D eigenvalue weighted by atomic mass is 9.73. The number of methoxy groups -OCH3 is 1. The Morgan fingerprint density at radius 3 is 2.39 bits per heavy atom. The van der Waals surface area contributed by atoms with E-state index in [1.165, 1.54) is 29.0 Å².